The fourth-order valence-electron chi connectivity index (χ4n) is 2.20. The number of carbonyl (C=O) groups excluding carboxylic acids is 2. The molecule has 2 aromatic rings. The fraction of sp³-hybridized carbons (Fsp3) is 0.214. The van der Waals surface area contributed by atoms with Crippen LogP contribution in [0.25, 0.3) is 0 Å². The highest BCUT2D eigenvalue weighted by Gasteiger charge is 2.24. The van der Waals surface area contributed by atoms with E-state index in [1.807, 2.05) is 0 Å². The van der Waals surface area contributed by atoms with Crippen LogP contribution in [-0.4, -0.2) is 16.7 Å². The average molecular weight is 308 g/mol. The molecule has 1 heterocycles. The molecule has 7 heteroatoms. The molecular formula is C14H10F2N2O2S. The molecule has 21 heavy (non-hydrogen) atoms. The third-order valence-corrected chi connectivity index (χ3v) is 4.23. The number of ketones is 1. The molecule has 0 aliphatic heterocycles. The predicted octanol–water partition coefficient (Wildman–Crippen LogP) is 3.19. The summed E-state index contributed by atoms with van der Waals surface area (Å²) in [7, 11) is 0. The summed E-state index contributed by atoms with van der Waals surface area (Å²) in [6.45, 7) is 0. The molecule has 1 amide bonds. The van der Waals surface area contributed by atoms with Gasteiger partial charge in [0.1, 0.15) is 17.2 Å². The predicted molar refractivity (Wildman–Crippen MR) is 73.7 cm³/mol. The van der Waals surface area contributed by atoms with E-state index in [9.17, 15) is 18.4 Å². The summed E-state index contributed by atoms with van der Waals surface area (Å²) in [4.78, 5) is 28.3. The lowest BCUT2D eigenvalue weighted by Gasteiger charge is -2.05. The number of aryl methyl sites for hydroxylation is 1. The summed E-state index contributed by atoms with van der Waals surface area (Å²) in [6, 6.07) is 3.20. The summed E-state index contributed by atoms with van der Waals surface area (Å²) >= 11 is 1.04. The lowest BCUT2D eigenvalue weighted by atomic mass is 10.0. The quantitative estimate of drug-likeness (QED) is 0.927. The molecular weight excluding hydrogens is 298 g/mol. The molecule has 3 rings (SSSR count). The van der Waals surface area contributed by atoms with E-state index >= 15 is 0 Å². The van der Waals surface area contributed by atoms with Gasteiger partial charge in [0.25, 0.3) is 5.91 Å². The van der Waals surface area contributed by atoms with Gasteiger partial charge in [-0.15, -0.1) is 0 Å². The Balaban J connectivity index is 1.87. The molecule has 0 saturated heterocycles. The third kappa shape index (κ3) is 2.56. The van der Waals surface area contributed by atoms with Gasteiger partial charge in [-0.2, -0.15) is 0 Å². The second-order valence-corrected chi connectivity index (χ2v) is 5.62. The molecule has 0 bridgehead atoms. The highest BCUT2D eigenvalue weighted by atomic mass is 32.1. The van der Waals surface area contributed by atoms with E-state index < -0.39 is 23.1 Å². The van der Waals surface area contributed by atoms with Crippen LogP contribution in [0, 0.1) is 11.6 Å². The number of Topliss-reactive ketones (excluding diaryl/α,β-unsaturated/α-hetero) is 1. The molecule has 0 saturated carbocycles. The molecule has 0 fully saturated rings. The van der Waals surface area contributed by atoms with Gasteiger partial charge < -0.3 is 0 Å². The zero-order valence-corrected chi connectivity index (χ0v) is 11.6. The number of aromatic nitrogens is 1. The minimum absolute atomic E-state index is 0.00804. The van der Waals surface area contributed by atoms with E-state index in [-0.39, 0.29) is 10.9 Å². The Labute approximate surface area is 122 Å². The molecule has 0 unspecified atom stereocenters. The van der Waals surface area contributed by atoms with Gasteiger partial charge in [0.2, 0.25) is 0 Å². The number of anilines is 1. The average Bonchev–Trinajstić information content (AvgIpc) is 2.82. The van der Waals surface area contributed by atoms with Gasteiger partial charge in [-0.05, 0) is 25.0 Å². The van der Waals surface area contributed by atoms with Crippen molar-refractivity contribution in [3.8, 4) is 0 Å². The third-order valence-electron chi connectivity index (χ3n) is 3.18. The van der Waals surface area contributed by atoms with Crippen molar-refractivity contribution in [2.75, 3.05) is 5.32 Å². The number of rotatable bonds is 2. The number of halogens is 2. The van der Waals surface area contributed by atoms with Crippen molar-refractivity contribution in [3.63, 3.8) is 0 Å². The van der Waals surface area contributed by atoms with Crippen LogP contribution in [0.3, 0.4) is 0 Å². The number of hydrogen-bond donors (Lipinski definition) is 1. The summed E-state index contributed by atoms with van der Waals surface area (Å²) in [5.74, 6) is -2.80. The van der Waals surface area contributed by atoms with Gasteiger partial charge >= 0.3 is 0 Å². The van der Waals surface area contributed by atoms with Gasteiger partial charge in [-0.1, -0.05) is 17.4 Å². The van der Waals surface area contributed by atoms with Crippen molar-refractivity contribution < 1.29 is 18.4 Å². The van der Waals surface area contributed by atoms with Crippen LogP contribution in [-0.2, 0) is 6.42 Å². The first kappa shape index (κ1) is 13.8. The second kappa shape index (κ2) is 5.33. The lowest BCUT2D eigenvalue weighted by molar-refractivity contribution is 0.0974. The van der Waals surface area contributed by atoms with Crippen molar-refractivity contribution >= 4 is 28.2 Å². The van der Waals surface area contributed by atoms with Crippen LogP contribution < -0.4 is 5.32 Å². The number of amides is 1. The number of nitrogens with one attached hydrogen (secondary N) is 1. The maximum Gasteiger partial charge on any atom is 0.263 e. The molecule has 0 atom stereocenters. The first-order valence-electron chi connectivity index (χ1n) is 6.34. The van der Waals surface area contributed by atoms with Crippen molar-refractivity contribution in [1.29, 1.82) is 0 Å². The highest BCUT2D eigenvalue weighted by Crippen LogP contribution is 2.30. The zero-order chi connectivity index (χ0) is 15.0. The van der Waals surface area contributed by atoms with Crippen LogP contribution in [0.1, 0.15) is 38.6 Å². The Morgan fingerprint density at radius 3 is 2.62 bits per heavy atom. The first-order chi connectivity index (χ1) is 10.1. The van der Waals surface area contributed by atoms with E-state index in [2.05, 4.69) is 10.3 Å². The number of hydrogen-bond acceptors (Lipinski definition) is 4. The van der Waals surface area contributed by atoms with Crippen molar-refractivity contribution in [2.45, 2.75) is 19.3 Å². The van der Waals surface area contributed by atoms with Gasteiger partial charge in [0.15, 0.2) is 10.9 Å². The minimum atomic E-state index is -0.940. The first-order valence-corrected chi connectivity index (χ1v) is 7.16. The zero-order valence-electron chi connectivity index (χ0n) is 10.8. The molecule has 1 aromatic carbocycles. The summed E-state index contributed by atoms with van der Waals surface area (Å²) in [6.07, 6.45) is 1.86. The van der Waals surface area contributed by atoms with Crippen molar-refractivity contribution in [3.05, 3.63) is 46.0 Å². The van der Waals surface area contributed by atoms with Crippen LogP contribution in [0.5, 0.6) is 0 Å². The number of carbonyl (C=O) groups is 2. The molecule has 1 N–H and O–H groups in total. The Bertz CT molecular complexity index is 722. The maximum atomic E-state index is 13.5. The van der Waals surface area contributed by atoms with Crippen LogP contribution in [0.2, 0.25) is 0 Å². The van der Waals surface area contributed by atoms with Crippen molar-refractivity contribution in [2.24, 2.45) is 0 Å². The Morgan fingerprint density at radius 2 is 1.95 bits per heavy atom. The van der Waals surface area contributed by atoms with Gasteiger partial charge in [0.05, 0.1) is 10.6 Å². The van der Waals surface area contributed by atoms with E-state index in [1.54, 1.807) is 0 Å². The van der Waals surface area contributed by atoms with E-state index in [1.165, 1.54) is 6.07 Å². The van der Waals surface area contributed by atoms with Crippen LogP contribution in [0.15, 0.2) is 18.2 Å². The maximum absolute atomic E-state index is 13.5. The summed E-state index contributed by atoms with van der Waals surface area (Å²) < 4.78 is 27.0. The minimum Gasteiger partial charge on any atom is -0.298 e. The fourth-order valence-corrected chi connectivity index (χ4v) is 3.17. The van der Waals surface area contributed by atoms with Crippen molar-refractivity contribution in [1.82, 2.24) is 4.98 Å². The number of thiazole rings is 1. The van der Waals surface area contributed by atoms with Gasteiger partial charge in [-0.3, -0.25) is 14.9 Å². The largest absolute Gasteiger partial charge is 0.298 e. The van der Waals surface area contributed by atoms with E-state index in [0.717, 1.165) is 29.9 Å². The number of benzene rings is 1. The normalized spacial score (nSPS) is 13.9. The highest BCUT2D eigenvalue weighted by molar-refractivity contribution is 7.17. The summed E-state index contributed by atoms with van der Waals surface area (Å²) in [5, 5.41) is 2.54. The lowest BCUT2D eigenvalue weighted by Crippen LogP contribution is -2.15. The monoisotopic (exact) mass is 308 g/mol. The molecule has 1 aliphatic carbocycles. The Morgan fingerprint density at radius 1 is 1.24 bits per heavy atom. The summed E-state index contributed by atoms with van der Waals surface area (Å²) in [5.41, 5.74) is -0.0162. The van der Waals surface area contributed by atoms with E-state index in [0.29, 0.717) is 23.4 Å². The molecule has 4 nitrogen and oxygen atoms in total. The molecule has 0 radical (unpaired) electrons. The number of nitrogens with zero attached hydrogens (tertiary/aromatic N) is 1. The van der Waals surface area contributed by atoms with Crippen LogP contribution >= 0.6 is 11.3 Å². The molecule has 1 aliphatic rings. The Kier molecular flexibility index (Phi) is 3.50. The smallest absolute Gasteiger partial charge is 0.263 e. The van der Waals surface area contributed by atoms with E-state index in [4.69, 9.17) is 0 Å². The number of fused-ring (bicyclic) bond motifs is 1. The van der Waals surface area contributed by atoms with Crippen LogP contribution in [0.4, 0.5) is 13.9 Å². The topological polar surface area (TPSA) is 59.1 Å². The molecule has 1 aromatic heterocycles. The molecule has 108 valence electrons. The second-order valence-electron chi connectivity index (χ2n) is 4.62. The van der Waals surface area contributed by atoms with Gasteiger partial charge in [0, 0.05) is 6.42 Å². The van der Waals surface area contributed by atoms with Gasteiger partial charge in [-0.25, -0.2) is 13.8 Å². The Hall–Kier alpha value is -2.15. The standard InChI is InChI=1S/C14H10F2N2O2S/c15-7-3-1-4-8(16)11(7)13(20)18-14-17-9-5-2-6-10(19)12(9)21-14/h1,3-4H,2,5-6H2,(H,17,18,20). The SMILES string of the molecule is O=C1CCCc2nc(NC(=O)c3c(F)cccc3F)sc21. The molecule has 0 spiro atoms.